The summed E-state index contributed by atoms with van der Waals surface area (Å²) in [6, 6.07) is 6.84. The maximum absolute atomic E-state index is 12.6. The van der Waals surface area contributed by atoms with Crippen LogP contribution in [0.2, 0.25) is 0 Å². The number of para-hydroxylation sites is 1. The van der Waals surface area contributed by atoms with E-state index in [0.717, 1.165) is 12.8 Å². The highest BCUT2D eigenvalue weighted by molar-refractivity contribution is 6.00. The summed E-state index contributed by atoms with van der Waals surface area (Å²) in [6.07, 6.45) is 3.23. The normalized spacial score (nSPS) is 12.8. The van der Waals surface area contributed by atoms with Crippen molar-refractivity contribution >= 4 is 29.0 Å². The average Bonchev–Trinajstić information content (AvgIpc) is 3.60. The van der Waals surface area contributed by atoms with Crippen LogP contribution >= 0.6 is 0 Å². The van der Waals surface area contributed by atoms with E-state index in [1.165, 1.54) is 13.2 Å². The van der Waals surface area contributed by atoms with Crippen LogP contribution < -0.4 is 26.2 Å². The molecule has 0 spiro atoms. The first-order valence-electron chi connectivity index (χ1n) is 10.6. The number of nitrogens with one attached hydrogen (secondary N) is 4. The second-order valence-electron chi connectivity index (χ2n) is 7.58. The fourth-order valence-corrected chi connectivity index (χ4v) is 3.18. The first kappa shape index (κ1) is 23.0. The van der Waals surface area contributed by atoms with Gasteiger partial charge in [0.15, 0.2) is 23.1 Å². The van der Waals surface area contributed by atoms with E-state index < -0.39 is 12.6 Å². The van der Waals surface area contributed by atoms with Crippen molar-refractivity contribution < 1.29 is 18.7 Å². The topological polar surface area (TPSA) is 148 Å². The standard InChI is InChI=1S/C21H24FN9O3/c1-31-11-23-19(30-31)13-4-3-5-14(18(13)34-2)25-15-10-16(26-20(32)12-6-7-12)27-28-17(15)21(33)29-24-9-8-22/h3-5,10-12,24H,6-9H2,1-2H3,(H,29,33)(H2,25,26,27,32). The lowest BCUT2D eigenvalue weighted by Gasteiger charge is -2.16. The molecule has 0 unspecified atom stereocenters. The van der Waals surface area contributed by atoms with Crippen LogP contribution in [0.1, 0.15) is 23.3 Å². The van der Waals surface area contributed by atoms with Gasteiger partial charge in [0.1, 0.15) is 13.0 Å². The number of aromatic nitrogens is 5. The number of carbonyl (C=O) groups excluding carboxylic acids is 2. The van der Waals surface area contributed by atoms with Crippen LogP contribution in [0.5, 0.6) is 5.75 Å². The highest BCUT2D eigenvalue weighted by atomic mass is 19.1. The molecule has 4 N–H and O–H groups in total. The van der Waals surface area contributed by atoms with Crippen molar-refractivity contribution in [3.8, 4) is 17.1 Å². The molecule has 1 aromatic carbocycles. The minimum absolute atomic E-state index is 0.0336. The SMILES string of the molecule is COc1c(Nc2cc(NC(=O)C3CC3)nnc2C(=O)NNCCF)cccc1-c1ncn(C)n1. The molecule has 1 saturated carbocycles. The van der Waals surface area contributed by atoms with Crippen LogP contribution in [-0.4, -0.2) is 57.1 Å². The molecule has 0 bridgehead atoms. The van der Waals surface area contributed by atoms with Crippen molar-refractivity contribution in [2.75, 3.05) is 31.0 Å². The second kappa shape index (κ2) is 10.2. The van der Waals surface area contributed by atoms with Gasteiger partial charge in [0.25, 0.3) is 5.91 Å². The molecule has 4 rings (SSSR count). The molecule has 34 heavy (non-hydrogen) atoms. The second-order valence-corrected chi connectivity index (χ2v) is 7.58. The number of methoxy groups -OCH3 is 1. The Hall–Kier alpha value is -4.13. The Labute approximate surface area is 194 Å². The Morgan fingerprint density at radius 1 is 1.24 bits per heavy atom. The number of amides is 2. The van der Waals surface area contributed by atoms with Crippen molar-refractivity contribution in [1.29, 1.82) is 0 Å². The molecule has 0 saturated heterocycles. The fourth-order valence-electron chi connectivity index (χ4n) is 3.18. The maximum Gasteiger partial charge on any atom is 0.288 e. The molecule has 2 aromatic heterocycles. The van der Waals surface area contributed by atoms with E-state index in [9.17, 15) is 14.0 Å². The minimum atomic E-state index is -0.658. The molecule has 178 valence electrons. The average molecular weight is 469 g/mol. The van der Waals surface area contributed by atoms with Crippen LogP contribution in [0.3, 0.4) is 0 Å². The number of ether oxygens (including phenoxy) is 1. The van der Waals surface area contributed by atoms with E-state index in [0.29, 0.717) is 22.8 Å². The van der Waals surface area contributed by atoms with Crippen molar-refractivity contribution in [2.45, 2.75) is 12.8 Å². The van der Waals surface area contributed by atoms with E-state index in [-0.39, 0.29) is 35.6 Å². The van der Waals surface area contributed by atoms with E-state index in [4.69, 9.17) is 4.74 Å². The molecule has 2 heterocycles. The van der Waals surface area contributed by atoms with Gasteiger partial charge in [0.2, 0.25) is 5.91 Å². The summed E-state index contributed by atoms with van der Waals surface area (Å²) < 4.78 is 19.6. The van der Waals surface area contributed by atoms with Gasteiger partial charge in [-0.2, -0.15) is 5.10 Å². The molecule has 2 amide bonds. The third-order valence-electron chi connectivity index (χ3n) is 4.96. The number of aryl methyl sites for hydroxylation is 1. The highest BCUT2D eigenvalue weighted by Gasteiger charge is 2.30. The van der Waals surface area contributed by atoms with E-state index in [2.05, 4.69) is 41.8 Å². The Morgan fingerprint density at radius 2 is 2.06 bits per heavy atom. The van der Waals surface area contributed by atoms with Crippen molar-refractivity contribution in [3.63, 3.8) is 0 Å². The Kier molecular flexibility index (Phi) is 6.92. The van der Waals surface area contributed by atoms with E-state index >= 15 is 0 Å². The smallest absolute Gasteiger partial charge is 0.288 e. The van der Waals surface area contributed by atoms with Crippen LogP contribution in [-0.2, 0) is 11.8 Å². The summed E-state index contributed by atoms with van der Waals surface area (Å²) in [6.45, 7) is -0.723. The summed E-state index contributed by atoms with van der Waals surface area (Å²) in [5.74, 6) is 0.272. The van der Waals surface area contributed by atoms with Gasteiger partial charge in [-0.3, -0.25) is 19.7 Å². The van der Waals surface area contributed by atoms with Crippen molar-refractivity contribution in [2.24, 2.45) is 13.0 Å². The molecular formula is C21H24FN9O3. The van der Waals surface area contributed by atoms with Crippen LogP contribution in [0.15, 0.2) is 30.6 Å². The highest BCUT2D eigenvalue weighted by Crippen LogP contribution is 2.37. The summed E-state index contributed by atoms with van der Waals surface area (Å²) in [5, 5.41) is 18.1. The van der Waals surface area contributed by atoms with E-state index in [1.807, 2.05) is 0 Å². The van der Waals surface area contributed by atoms with Crippen LogP contribution in [0.4, 0.5) is 21.6 Å². The van der Waals surface area contributed by atoms with Crippen LogP contribution in [0, 0.1) is 5.92 Å². The largest absolute Gasteiger partial charge is 0.494 e. The molecule has 13 heteroatoms. The number of alkyl halides is 1. The zero-order chi connectivity index (χ0) is 24.1. The van der Waals surface area contributed by atoms with Crippen molar-refractivity contribution in [1.82, 2.24) is 35.8 Å². The van der Waals surface area contributed by atoms with Crippen LogP contribution in [0.25, 0.3) is 11.4 Å². The first-order valence-corrected chi connectivity index (χ1v) is 10.6. The molecule has 1 aliphatic carbocycles. The van der Waals surface area contributed by atoms with Gasteiger partial charge in [0, 0.05) is 25.6 Å². The number of carbonyl (C=O) groups is 2. The van der Waals surface area contributed by atoms with Gasteiger partial charge in [-0.15, -0.1) is 10.2 Å². The number of benzene rings is 1. The lowest BCUT2D eigenvalue weighted by molar-refractivity contribution is -0.117. The minimum Gasteiger partial charge on any atom is -0.494 e. The van der Waals surface area contributed by atoms with Gasteiger partial charge in [-0.05, 0) is 25.0 Å². The zero-order valence-electron chi connectivity index (χ0n) is 18.6. The molecule has 0 atom stereocenters. The summed E-state index contributed by atoms with van der Waals surface area (Å²) in [4.78, 5) is 29.1. The van der Waals surface area contributed by atoms with Gasteiger partial charge >= 0.3 is 0 Å². The summed E-state index contributed by atoms with van der Waals surface area (Å²) >= 11 is 0. The molecule has 0 aliphatic heterocycles. The van der Waals surface area contributed by atoms with Gasteiger partial charge in [0.05, 0.1) is 24.0 Å². The third-order valence-corrected chi connectivity index (χ3v) is 4.96. The quantitative estimate of drug-likeness (QED) is 0.256. The monoisotopic (exact) mass is 469 g/mol. The fraction of sp³-hybridized carbons (Fsp3) is 0.333. The molecular weight excluding hydrogens is 445 g/mol. The number of hydrazine groups is 1. The number of hydrogen-bond acceptors (Lipinski definition) is 9. The molecule has 12 nitrogen and oxygen atoms in total. The van der Waals surface area contributed by atoms with Gasteiger partial charge in [-0.1, -0.05) is 6.07 Å². The number of anilines is 3. The first-order chi connectivity index (χ1) is 16.5. The van der Waals surface area contributed by atoms with Crippen molar-refractivity contribution in [3.05, 3.63) is 36.3 Å². The number of nitrogens with zero attached hydrogens (tertiary/aromatic N) is 5. The predicted molar refractivity (Wildman–Crippen MR) is 121 cm³/mol. The third kappa shape index (κ3) is 5.26. The maximum atomic E-state index is 12.6. The zero-order valence-corrected chi connectivity index (χ0v) is 18.6. The Morgan fingerprint density at radius 3 is 2.74 bits per heavy atom. The number of hydrogen-bond donors (Lipinski definition) is 4. The lowest BCUT2D eigenvalue weighted by atomic mass is 10.1. The number of rotatable bonds is 10. The molecule has 1 fully saturated rings. The molecule has 0 radical (unpaired) electrons. The Bertz CT molecular complexity index is 1200. The lowest BCUT2D eigenvalue weighted by Crippen LogP contribution is -2.39. The molecule has 3 aromatic rings. The number of halogens is 1. The summed E-state index contributed by atoms with van der Waals surface area (Å²) in [7, 11) is 3.26. The van der Waals surface area contributed by atoms with Gasteiger partial charge < -0.3 is 15.4 Å². The summed E-state index contributed by atoms with van der Waals surface area (Å²) in [5.41, 5.74) is 6.16. The molecule has 1 aliphatic rings. The predicted octanol–water partition coefficient (Wildman–Crippen LogP) is 1.58. The Balaban J connectivity index is 1.68. The van der Waals surface area contributed by atoms with Gasteiger partial charge in [-0.25, -0.2) is 14.8 Å². The van der Waals surface area contributed by atoms with E-state index in [1.54, 1.807) is 36.3 Å².